The molecule has 1 rings (SSSR count). The van der Waals surface area contributed by atoms with Crippen LogP contribution >= 0.6 is 16.3 Å². The summed E-state index contributed by atoms with van der Waals surface area (Å²) in [4.78, 5) is 25.0. The minimum Gasteiger partial charge on any atom is -0.473 e. The van der Waals surface area contributed by atoms with Crippen LogP contribution in [0.5, 0.6) is 11.5 Å². The number of methoxy groups -OCH3 is 2. The molecule has 0 saturated heterocycles. The van der Waals surface area contributed by atoms with E-state index in [0.29, 0.717) is 34.1 Å². The van der Waals surface area contributed by atoms with Gasteiger partial charge in [0.15, 0.2) is 0 Å². The summed E-state index contributed by atoms with van der Waals surface area (Å²) in [5.74, 6) is -0.390. The lowest BCUT2D eigenvalue weighted by Gasteiger charge is -2.29. The Morgan fingerprint density at radius 1 is 0.633 bits per heavy atom. The molecule has 1 aromatic rings. The van der Waals surface area contributed by atoms with E-state index in [1.165, 1.54) is 20.3 Å². The molecule has 0 atom stereocenters. The van der Waals surface area contributed by atoms with E-state index in [2.05, 4.69) is 55.4 Å². The van der Waals surface area contributed by atoms with Crippen molar-refractivity contribution in [2.24, 2.45) is 0 Å². The maximum absolute atomic E-state index is 12.5. The van der Waals surface area contributed by atoms with Crippen LogP contribution in [0.1, 0.15) is 76.1 Å². The van der Waals surface area contributed by atoms with Gasteiger partial charge in [-0.05, 0) is 6.07 Å². The molecule has 1 aromatic carbocycles. The van der Waals surface area contributed by atoms with E-state index in [1.807, 2.05) is 0 Å². The van der Waals surface area contributed by atoms with Crippen LogP contribution in [-0.2, 0) is 9.47 Å². The Labute approximate surface area is 183 Å². The number of benzene rings is 1. The van der Waals surface area contributed by atoms with Crippen molar-refractivity contribution in [3.8, 4) is 11.5 Å². The highest BCUT2D eigenvalue weighted by molar-refractivity contribution is 7.54. The summed E-state index contributed by atoms with van der Waals surface area (Å²) in [6, 6.07) is 3.11. The fourth-order valence-corrected chi connectivity index (χ4v) is 7.08. The third-order valence-electron chi connectivity index (χ3n) is 4.34. The Bertz CT molecular complexity index is 657. The number of hydrogen-bond acceptors (Lipinski definition) is 6. The van der Waals surface area contributed by atoms with Gasteiger partial charge in [0.05, 0.1) is 30.5 Å². The molecule has 0 aliphatic heterocycles. The highest BCUT2D eigenvalue weighted by Crippen LogP contribution is 2.52. The van der Waals surface area contributed by atoms with E-state index in [1.54, 1.807) is 6.07 Å². The maximum atomic E-state index is 12.5. The van der Waals surface area contributed by atoms with Crippen molar-refractivity contribution in [2.75, 3.05) is 14.2 Å². The largest absolute Gasteiger partial charge is 0.473 e. The van der Waals surface area contributed by atoms with Gasteiger partial charge in [0.2, 0.25) is 0 Å². The Balaban J connectivity index is 3.64. The molecule has 0 saturated carbocycles. The zero-order valence-electron chi connectivity index (χ0n) is 19.8. The molecule has 0 aliphatic carbocycles. The zero-order valence-corrected chi connectivity index (χ0v) is 21.6. The smallest absolute Gasteiger partial charge is 0.341 e. The summed E-state index contributed by atoms with van der Waals surface area (Å²) in [6.45, 7) is 16.8. The molecule has 0 fully saturated rings. The second-order valence-electron chi connectivity index (χ2n) is 8.11. The molecule has 170 valence electrons. The van der Waals surface area contributed by atoms with Gasteiger partial charge in [-0.2, -0.15) is 0 Å². The molecule has 0 aliphatic rings. The van der Waals surface area contributed by atoms with Gasteiger partial charge in [0.25, 0.3) is 0 Å². The van der Waals surface area contributed by atoms with Gasteiger partial charge in [-0.1, -0.05) is 55.4 Å². The lowest BCUT2D eigenvalue weighted by Crippen LogP contribution is -2.15. The lowest BCUT2D eigenvalue weighted by atomic mass is 10.1. The van der Waals surface area contributed by atoms with Crippen LogP contribution in [0.4, 0.5) is 0 Å². The van der Waals surface area contributed by atoms with Crippen molar-refractivity contribution in [3.05, 3.63) is 23.3 Å². The minimum atomic E-state index is -0.861. The first-order valence-corrected chi connectivity index (χ1v) is 13.0. The average molecular weight is 458 g/mol. The van der Waals surface area contributed by atoms with Gasteiger partial charge < -0.3 is 18.5 Å². The summed E-state index contributed by atoms with van der Waals surface area (Å²) in [5.41, 5.74) is 1.55. The minimum absolute atomic E-state index is 0.192. The first-order chi connectivity index (χ1) is 13.9. The zero-order chi connectivity index (χ0) is 23.2. The molecule has 6 nitrogen and oxygen atoms in total. The van der Waals surface area contributed by atoms with Crippen LogP contribution in [0.25, 0.3) is 0 Å². The number of ether oxygens (including phenoxy) is 2. The molecule has 0 N–H and O–H groups in total. The number of carbonyl (C=O) groups is 2. The van der Waals surface area contributed by atoms with Crippen molar-refractivity contribution in [1.82, 2.24) is 0 Å². The van der Waals surface area contributed by atoms with Crippen LogP contribution in [0.2, 0.25) is 0 Å². The third kappa shape index (κ3) is 6.82. The second kappa shape index (κ2) is 11.9. The molecule has 0 spiro atoms. The maximum Gasteiger partial charge on any atom is 0.341 e. The number of rotatable bonds is 10. The van der Waals surface area contributed by atoms with E-state index in [-0.39, 0.29) is 11.1 Å². The standard InChI is InChI=1S/C22H36O6P2/c1-13(2)29(14(3)4)27-19-12-20(28-30(15(5)6)16(7)8)18(22(24)26-10)11-17(19)21(23)25-9/h11-16H,1-10H3. The van der Waals surface area contributed by atoms with E-state index >= 15 is 0 Å². The highest BCUT2D eigenvalue weighted by atomic mass is 31.1. The van der Waals surface area contributed by atoms with E-state index in [0.717, 1.165) is 0 Å². The quantitative estimate of drug-likeness (QED) is 0.297. The van der Waals surface area contributed by atoms with Crippen LogP contribution in [0.3, 0.4) is 0 Å². The Morgan fingerprint density at radius 2 is 0.933 bits per heavy atom. The molecule has 30 heavy (non-hydrogen) atoms. The lowest BCUT2D eigenvalue weighted by molar-refractivity contribution is 0.0597. The van der Waals surface area contributed by atoms with Gasteiger partial charge in [-0.25, -0.2) is 9.59 Å². The third-order valence-corrected chi connectivity index (χ3v) is 9.22. The highest BCUT2D eigenvalue weighted by Gasteiger charge is 2.29. The fraction of sp³-hybridized carbons (Fsp3) is 0.636. The molecule has 0 heterocycles. The Kier molecular flexibility index (Phi) is 10.5. The molecule has 0 unspecified atom stereocenters. The van der Waals surface area contributed by atoms with E-state index in [4.69, 9.17) is 18.5 Å². The average Bonchev–Trinajstić information content (AvgIpc) is 2.67. The van der Waals surface area contributed by atoms with Crippen LogP contribution in [-0.4, -0.2) is 48.8 Å². The van der Waals surface area contributed by atoms with Crippen molar-refractivity contribution in [2.45, 2.75) is 78.0 Å². The summed E-state index contributed by atoms with van der Waals surface area (Å²) in [7, 11) is 0.886. The Hall–Kier alpha value is -1.38. The number of esters is 2. The molecule has 0 radical (unpaired) electrons. The van der Waals surface area contributed by atoms with E-state index < -0.39 is 28.2 Å². The van der Waals surface area contributed by atoms with Gasteiger partial charge >= 0.3 is 11.9 Å². The van der Waals surface area contributed by atoms with Gasteiger partial charge in [-0.15, -0.1) is 0 Å². The normalized spacial score (nSPS) is 11.7. The first-order valence-electron chi connectivity index (χ1n) is 10.2. The van der Waals surface area contributed by atoms with Crippen molar-refractivity contribution >= 4 is 28.2 Å². The summed E-state index contributed by atoms with van der Waals surface area (Å²) >= 11 is 0. The van der Waals surface area contributed by atoms with Crippen molar-refractivity contribution in [1.29, 1.82) is 0 Å². The predicted molar refractivity (Wildman–Crippen MR) is 125 cm³/mol. The van der Waals surface area contributed by atoms with Gasteiger partial charge in [0, 0.05) is 28.7 Å². The summed E-state index contributed by atoms with van der Waals surface area (Å²) in [5, 5.41) is 0. The molecule has 0 aromatic heterocycles. The SMILES string of the molecule is COC(=O)c1cc(C(=O)OC)c(OP(C(C)C)C(C)C)cc1OP(C(C)C)C(C)C. The molecule has 8 heteroatoms. The molecule has 0 bridgehead atoms. The number of carbonyl (C=O) groups excluding carboxylic acids is 2. The van der Waals surface area contributed by atoms with Gasteiger partial charge in [0.1, 0.15) is 22.6 Å². The molecular weight excluding hydrogens is 422 g/mol. The van der Waals surface area contributed by atoms with Crippen LogP contribution < -0.4 is 9.05 Å². The Morgan fingerprint density at radius 3 is 1.17 bits per heavy atom. The van der Waals surface area contributed by atoms with Crippen molar-refractivity contribution < 1.29 is 28.1 Å². The van der Waals surface area contributed by atoms with Gasteiger partial charge in [-0.3, -0.25) is 0 Å². The molecular formula is C22H36O6P2. The monoisotopic (exact) mass is 458 g/mol. The first kappa shape index (κ1) is 26.7. The van der Waals surface area contributed by atoms with E-state index in [9.17, 15) is 9.59 Å². The summed E-state index contributed by atoms with van der Waals surface area (Å²) < 4.78 is 22.6. The topological polar surface area (TPSA) is 71.1 Å². The van der Waals surface area contributed by atoms with Crippen LogP contribution in [0.15, 0.2) is 12.1 Å². The fourth-order valence-electron chi connectivity index (χ4n) is 3.09. The predicted octanol–water partition coefficient (Wildman–Crippen LogP) is 6.44. The second-order valence-corrected chi connectivity index (χ2v) is 14.0. The van der Waals surface area contributed by atoms with Crippen LogP contribution in [0, 0.1) is 0 Å². The summed E-state index contributed by atoms with van der Waals surface area (Å²) in [6.07, 6.45) is 0. The van der Waals surface area contributed by atoms with Crippen molar-refractivity contribution in [3.63, 3.8) is 0 Å². The molecule has 0 amide bonds. The number of hydrogen-bond donors (Lipinski definition) is 0.